The molecule has 7 heteroatoms. The predicted octanol–water partition coefficient (Wildman–Crippen LogP) is 7.84. The van der Waals surface area contributed by atoms with Gasteiger partial charge in [-0.2, -0.15) is 0 Å². The first kappa shape index (κ1) is 33.7. The zero-order valence-corrected chi connectivity index (χ0v) is 26.0. The van der Waals surface area contributed by atoms with Crippen LogP contribution in [-0.4, -0.2) is 42.5 Å². The van der Waals surface area contributed by atoms with Gasteiger partial charge in [-0.3, -0.25) is 9.59 Å². The average Bonchev–Trinajstić information content (AvgIpc) is 2.87. The summed E-state index contributed by atoms with van der Waals surface area (Å²) in [7, 11) is 0. The van der Waals surface area contributed by atoms with E-state index in [0.29, 0.717) is 38.2 Å². The molecule has 7 nitrogen and oxygen atoms in total. The molecule has 0 saturated carbocycles. The number of ether oxygens (including phenoxy) is 4. The van der Waals surface area contributed by atoms with Crippen molar-refractivity contribution < 1.29 is 33.6 Å². The molecule has 2 aromatic rings. The van der Waals surface area contributed by atoms with Crippen LogP contribution in [0.4, 0.5) is 0 Å². The highest BCUT2D eigenvalue weighted by atomic mass is 16.5. The quantitative estimate of drug-likeness (QED) is 0.125. The van der Waals surface area contributed by atoms with Gasteiger partial charge >= 0.3 is 11.9 Å². The molecule has 0 aliphatic carbocycles. The maximum atomic E-state index is 12.3. The normalized spacial score (nSPS) is 12.1. The van der Waals surface area contributed by atoms with Crippen LogP contribution in [0.1, 0.15) is 92.2 Å². The highest BCUT2D eigenvalue weighted by Crippen LogP contribution is 2.28. The number of esters is 2. The molecule has 0 atom stereocenters. The molecule has 226 valence electrons. The van der Waals surface area contributed by atoms with E-state index in [1.807, 2.05) is 97.9 Å². The second-order valence-corrected chi connectivity index (χ2v) is 12.2. The fraction of sp³-hybridized carbons (Fsp3) is 0.529. The molecule has 0 radical (unpaired) electrons. The maximum absolute atomic E-state index is 12.3. The zero-order chi connectivity index (χ0) is 30.6. The lowest BCUT2D eigenvalue weighted by molar-refractivity contribution is -0.159. The molecule has 0 fully saturated rings. The predicted molar refractivity (Wildman–Crippen MR) is 163 cm³/mol. The number of phenolic OH excluding ortho intramolecular Hbond substituents is 1. The summed E-state index contributed by atoms with van der Waals surface area (Å²) < 4.78 is 22.4. The molecule has 0 aromatic heterocycles. The second kappa shape index (κ2) is 15.5. The Hall–Kier alpha value is -3.48. The highest BCUT2D eigenvalue weighted by Gasteiger charge is 2.30. The van der Waals surface area contributed by atoms with Crippen molar-refractivity contribution in [3.05, 3.63) is 53.6 Å². The molecule has 2 rings (SSSR count). The molecule has 0 aliphatic heterocycles. The molecule has 0 spiro atoms. The second-order valence-electron chi connectivity index (χ2n) is 12.2. The molecular formula is C34H48O7. The highest BCUT2D eigenvalue weighted by molar-refractivity contribution is 5.76. The van der Waals surface area contributed by atoms with Crippen LogP contribution in [0, 0.1) is 10.8 Å². The Labute approximate surface area is 245 Å². The third-order valence-corrected chi connectivity index (χ3v) is 6.48. The van der Waals surface area contributed by atoms with Gasteiger partial charge in [-0.05, 0) is 116 Å². The number of benzene rings is 2. The number of hydrogen-bond donors (Lipinski definition) is 1. The van der Waals surface area contributed by atoms with Crippen LogP contribution in [0.3, 0.4) is 0 Å². The lowest BCUT2D eigenvalue weighted by Gasteiger charge is -2.23. The summed E-state index contributed by atoms with van der Waals surface area (Å²) in [5.74, 6) is 1.06. The fourth-order valence-corrected chi connectivity index (χ4v) is 4.01. The van der Waals surface area contributed by atoms with Crippen LogP contribution in [-0.2, 0) is 19.1 Å². The van der Waals surface area contributed by atoms with Crippen LogP contribution in [0.25, 0.3) is 12.2 Å². The van der Waals surface area contributed by atoms with E-state index in [4.69, 9.17) is 18.9 Å². The summed E-state index contributed by atoms with van der Waals surface area (Å²) in [6.45, 7) is 15.9. The number of phenols is 1. The molecule has 0 aliphatic rings. The van der Waals surface area contributed by atoms with Crippen LogP contribution in [0.2, 0.25) is 0 Å². The van der Waals surface area contributed by atoms with Gasteiger partial charge in [-0.1, -0.05) is 24.3 Å². The standard InChI is InChI=1S/C34H48O7/c1-24(2)40-31(36)33(5,6)17-9-19-38-29-15-13-26(14-16-29)11-12-27-21-28(35)23-30(22-27)39-20-10-18-34(7,8)32(37)41-25(3)4/h11-16,21-25,35H,9-10,17-20H2,1-8H3/b12-11+. The van der Waals surface area contributed by atoms with E-state index < -0.39 is 10.8 Å². The van der Waals surface area contributed by atoms with Crippen LogP contribution >= 0.6 is 0 Å². The lowest BCUT2D eigenvalue weighted by Crippen LogP contribution is -2.29. The topological polar surface area (TPSA) is 91.3 Å². The molecule has 0 unspecified atom stereocenters. The molecule has 0 amide bonds. The molecule has 0 saturated heterocycles. The number of carbonyl (C=O) groups excluding carboxylic acids is 2. The average molecular weight is 569 g/mol. The largest absolute Gasteiger partial charge is 0.508 e. The summed E-state index contributed by atoms with van der Waals surface area (Å²) >= 11 is 0. The third-order valence-electron chi connectivity index (χ3n) is 6.48. The third kappa shape index (κ3) is 12.3. The smallest absolute Gasteiger partial charge is 0.311 e. The lowest BCUT2D eigenvalue weighted by atomic mass is 9.88. The van der Waals surface area contributed by atoms with Gasteiger partial charge in [-0.25, -0.2) is 0 Å². The summed E-state index contributed by atoms with van der Waals surface area (Å²) in [5, 5.41) is 10.2. The number of carbonyl (C=O) groups is 2. The maximum Gasteiger partial charge on any atom is 0.311 e. The molecule has 1 N–H and O–H groups in total. The number of aromatic hydroxyl groups is 1. The first-order valence-electron chi connectivity index (χ1n) is 14.5. The Bertz CT molecular complexity index is 1140. The zero-order valence-electron chi connectivity index (χ0n) is 26.0. The van der Waals surface area contributed by atoms with Gasteiger partial charge < -0.3 is 24.1 Å². The van der Waals surface area contributed by atoms with E-state index in [0.717, 1.165) is 23.3 Å². The van der Waals surface area contributed by atoms with E-state index in [9.17, 15) is 14.7 Å². The summed E-state index contributed by atoms with van der Waals surface area (Å²) in [5.41, 5.74) is 0.663. The fourth-order valence-electron chi connectivity index (χ4n) is 4.01. The van der Waals surface area contributed by atoms with Crippen LogP contribution in [0.5, 0.6) is 17.2 Å². The van der Waals surface area contributed by atoms with Crippen molar-refractivity contribution in [3.8, 4) is 17.2 Å². The van der Waals surface area contributed by atoms with Crippen molar-refractivity contribution in [2.75, 3.05) is 13.2 Å². The Morgan fingerprint density at radius 2 is 1.17 bits per heavy atom. The summed E-state index contributed by atoms with van der Waals surface area (Å²) in [6, 6.07) is 12.9. The van der Waals surface area contributed by atoms with Gasteiger partial charge in [0.15, 0.2) is 0 Å². The van der Waals surface area contributed by atoms with Crippen molar-refractivity contribution in [2.24, 2.45) is 10.8 Å². The monoisotopic (exact) mass is 568 g/mol. The molecule has 2 aromatic carbocycles. The van der Waals surface area contributed by atoms with Gasteiger partial charge in [0.2, 0.25) is 0 Å². The molecular weight excluding hydrogens is 520 g/mol. The van der Waals surface area contributed by atoms with Gasteiger partial charge in [0.1, 0.15) is 17.2 Å². The SMILES string of the molecule is CC(C)OC(=O)C(C)(C)CCCOc1ccc(/C=C/c2cc(O)cc(OCCCC(C)(C)C(=O)OC(C)C)c2)cc1. The van der Waals surface area contributed by atoms with Crippen molar-refractivity contribution >= 4 is 24.1 Å². The molecule has 0 bridgehead atoms. The number of hydrogen-bond acceptors (Lipinski definition) is 7. The van der Waals surface area contributed by atoms with E-state index in [1.165, 1.54) is 0 Å². The van der Waals surface area contributed by atoms with Crippen LogP contribution in [0.15, 0.2) is 42.5 Å². The van der Waals surface area contributed by atoms with Gasteiger partial charge in [0.05, 0.1) is 36.3 Å². The van der Waals surface area contributed by atoms with E-state index in [2.05, 4.69) is 0 Å². The Balaban J connectivity index is 1.84. The van der Waals surface area contributed by atoms with E-state index >= 15 is 0 Å². The van der Waals surface area contributed by atoms with Crippen molar-refractivity contribution in [3.63, 3.8) is 0 Å². The minimum Gasteiger partial charge on any atom is -0.508 e. The molecule has 41 heavy (non-hydrogen) atoms. The van der Waals surface area contributed by atoms with Crippen LogP contribution < -0.4 is 9.47 Å². The minimum atomic E-state index is -0.582. The van der Waals surface area contributed by atoms with Gasteiger partial charge in [-0.15, -0.1) is 0 Å². The summed E-state index contributed by atoms with van der Waals surface area (Å²) in [4.78, 5) is 24.5. The summed E-state index contributed by atoms with van der Waals surface area (Å²) in [6.07, 6.45) is 6.34. The first-order valence-corrected chi connectivity index (χ1v) is 14.5. The van der Waals surface area contributed by atoms with Crippen molar-refractivity contribution in [1.82, 2.24) is 0 Å². The van der Waals surface area contributed by atoms with Gasteiger partial charge in [0.25, 0.3) is 0 Å². The van der Waals surface area contributed by atoms with E-state index in [1.54, 1.807) is 12.1 Å². The first-order chi connectivity index (χ1) is 19.2. The number of rotatable bonds is 16. The Morgan fingerprint density at radius 3 is 1.66 bits per heavy atom. The van der Waals surface area contributed by atoms with Gasteiger partial charge in [0, 0.05) is 6.07 Å². The van der Waals surface area contributed by atoms with Crippen molar-refractivity contribution in [2.45, 2.75) is 93.3 Å². The minimum absolute atomic E-state index is 0.118. The Morgan fingerprint density at radius 1 is 0.707 bits per heavy atom. The van der Waals surface area contributed by atoms with Crippen molar-refractivity contribution in [1.29, 1.82) is 0 Å². The van der Waals surface area contributed by atoms with E-state index in [-0.39, 0.29) is 29.9 Å². The Kier molecular flexibility index (Phi) is 12.8. The molecule has 0 heterocycles.